The molecular weight excluding hydrogens is 442 g/mol. The lowest BCUT2D eigenvalue weighted by Gasteiger charge is -2.23. The summed E-state index contributed by atoms with van der Waals surface area (Å²) in [7, 11) is 2.09. The van der Waals surface area contributed by atoms with Crippen LogP contribution in [0.2, 0.25) is 0 Å². The van der Waals surface area contributed by atoms with Crippen LogP contribution in [0.5, 0.6) is 0 Å². The van der Waals surface area contributed by atoms with Crippen LogP contribution in [0.15, 0.2) is 53.4 Å². The van der Waals surface area contributed by atoms with E-state index in [1.165, 1.54) is 27.1 Å². The Labute approximate surface area is 207 Å². The highest BCUT2D eigenvalue weighted by Crippen LogP contribution is 2.48. The second kappa shape index (κ2) is 10.3. The van der Waals surface area contributed by atoms with Crippen molar-refractivity contribution in [2.24, 2.45) is 0 Å². The van der Waals surface area contributed by atoms with Gasteiger partial charge in [-0.15, -0.1) is 0 Å². The van der Waals surface area contributed by atoms with Crippen molar-refractivity contribution in [2.45, 2.75) is 65.0 Å². The molecule has 0 saturated carbocycles. The Morgan fingerprint density at radius 3 is 2.15 bits per heavy atom. The molecule has 1 aliphatic heterocycles. The fourth-order valence-electron chi connectivity index (χ4n) is 4.29. The first-order valence-corrected chi connectivity index (χ1v) is 12.3. The summed E-state index contributed by atoms with van der Waals surface area (Å²) in [5.74, 6) is -0.798. The summed E-state index contributed by atoms with van der Waals surface area (Å²) in [5.41, 5.74) is 9.74. The number of aliphatic carboxylic acids is 1. The Morgan fingerprint density at radius 1 is 0.971 bits per heavy atom. The lowest BCUT2D eigenvalue weighted by atomic mass is 9.83. The molecule has 3 aromatic rings. The smallest absolute Gasteiger partial charge is 0.307 e. The van der Waals surface area contributed by atoms with Gasteiger partial charge in [-0.2, -0.15) is 0 Å². The normalized spacial score (nSPS) is 13.3. The van der Waals surface area contributed by atoms with Crippen molar-refractivity contribution >= 4 is 17.9 Å². The Bertz CT molecular complexity index is 1190. The first kappa shape index (κ1) is 26.0. The largest absolute Gasteiger partial charge is 0.481 e. The Morgan fingerprint density at radius 2 is 1.56 bits per heavy atom. The molecule has 2 N–H and O–H groups in total. The maximum atomic E-state index is 11.8. The molecule has 0 spiro atoms. The average molecular weight is 478 g/mol. The zero-order valence-corrected chi connectivity index (χ0v) is 22.0. The van der Waals surface area contributed by atoms with Crippen molar-refractivity contribution < 1.29 is 15.0 Å². The number of aryl methyl sites for hydroxylation is 1. The van der Waals surface area contributed by atoms with Crippen LogP contribution in [0.1, 0.15) is 48.6 Å². The van der Waals surface area contributed by atoms with E-state index in [0.29, 0.717) is 0 Å². The van der Waals surface area contributed by atoms with E-state index >= 15 is 0 Å². The summed E-state index contributed by atoms with van der Waals surface area (Å²) < 4.78 is 2.23. The van der Waals surface area contributed by atoms with Gasteiger partial charge in [-0.1, -0.05) is 54.1 Å². The minimum absolute atomic E-state index is 0.0229. The predicted octanol–water partition coefficient (Wildman–Crippen LogP) is 6.80. The van der Waals surface area contributed by atoms with Gasteiger partial charge in [0, 0.05) is 17.0 Å². The number of fused-ring (bicyclic) bond motifs is 3. The van der Waals surface area contributed by atoms with E-state index in [-0.39, 0.29) is 6.42 Å². The lowest BCUT2D eigenvalue weighted by Crippen LogP contribution is -2.10. The molecule has 4 nitrogen and oxygen atoms in total. The fraction of sp³-hybridized carbons (Fsp3) is 0.345. The molecule has 0 atom stereocenters. The molecule has 3 aromatic carbocycles. The van der Waals surface area contributed by atoms with Crippen molar-refractivity contribution in [2.75, 3.05) is 7.05 Å². The standard InChI is InChI=1S/C25H25NO2S.C4H10O/c1-15-9-11-18(12-10-15)23-17(3)24-20-8-6-5-7-19(20)14-26(4)29-25(24)16(2)21(23)13-22(27)28;1-4(2,3)5/h5-12H,13-14H2,1-4H3,(H,27,28);5H,1-3H3. The maximum Gasteiger partial charge on any atom is 0.307 e. The quantitative estimate of drug-likeness (QED) is 0.406. The fourth-order valence-corrected chi connectivity index (χ4v) is 5.42. The highest BCUT2D eigenvalue weighted by Gasteiger charge is 2.27. The second-order valence-corrected chi connectivity index (χ2v) is 11.2. The van der Waals surface area contributed by atoms with Gasteiger partial charge < -0.3 is 10.2 Å². The van der Waals surface area contributed by atoms with Crippen molar-refractivity contribution in [3.63, 3.8) is 0 Å². The third kappa shape index (κ3) is 6.09. The summed E-state index contributed by atoms with van der Waals surface area (Å²) in [6.45, 7) is 12.4. The molecule has 5 heteroatoms. The van der Waals surface area contributed by atoms with Crippen molar-refractivity contribution in [3.8, 4) is 22.3 Å². The minimum atomic E-state index is -0.798. The van der Waals surface area contributed by atoms with Gasteiger partial charge in [0.25, 0.3) is 0 Å². The molecule has 34 heavy (non-hydrogen) atoms. The van der Waals surface area contributed by atoms with E-state index in [2.05, 4.69) is 80.7 Å². The Hall–Kier alpha value is -2.60. The number of carboxylic acids is 1. The zero-order valence-electron chi connectivity index (χ0n) is 21.2. The molecule has 1 heterocycles. The molecule has 0 saturated heterocycles. The molecule has 180 valence electrons. The molecule has 1 aliphatic rings. The molecule has 0 fully saturated rings. The first-order chi connectivity index (χ1) is 15.9. The highest BCUT2D eigenvalue weighted by atomic mass is 32.2. The number of nitrogens with zero attached hydrogens (tertiary/aromatic N) is 1. The van der Waals surface area contributed by atoms with E-state index in [4.69, 9.17) is 5.11 Å². The van der Waals surface area contributed by atoms with Gasteiger partial charge in [0.05, 0.1) is 12.0 Å². The molecule has 4 rings (SSSR count). The van der Waals surface area contributed by atoms with Crippen molar-refractivity contribution in [3.05, 3.63) is 76.3 Å². The summed E-state index contributed by atoms with van der Waals surface area (Å²) in [6, 6.07) is 17.0. The number of carboxylic acid groups (broad SMARTS) is 1. The molecule has 0 aromatic heterocycles. The van der Waals surface area contributed by atoms with Crippen LogP contribution in [-0.2, 0) is 17.8 Å². The van der Waals surface area contributed by atoms with Gasteiger partial charge in [0.2, 0.25) is 0 Å². The Kier molecular flexibility index (Phi) is 7.91. The number of benzene rings is 3. The Balaban J connectivity index is 0.000000588. The summed E-state index contributed by atoms with van der Waals surface area (Å²) in [5, 5.41) is 18.2. The van der Waals surface area contributed by atoms with E-state index in [1.54, 1.807) is 32.7 Å². The highest BCUT2D eigenvalue weighted by molar-refractivity contribution is 7.97. The van der Waals surface area contributed by atoms with E-state index in [9.17, 15) is 9.90 Å². The third-order valence-electron chi connectivity index (χ3n) is 5.67. The minimum Gasteiger partial charge on any atom is -0.481 e. The van der Waals surface area contributed by atoms with Gasteiger partial charge in [0.1, 0.15) is 0 Å². The number of hydrogen-bond donors (Lipinski definition) is 2. The molecule has 0 aliphatic carbocycles. The number of rotatable bonds is 3. The molecule has 0 amide bonds. The van der Waals surface area contributed by atoms with Crippen LogP contribution >= 0.6 is 11.9 Å². The monoisotopic (exact) mass is 477 g/mol. The third-order valence-corrected chi connectivity index (χ3v) is 6.80. The van der Waals surface area contributed by atoms with Gasteiger partial charge in [0.15, 0.2) is 0 Å². The van der Waals surface area contributed by atoms with Gasteiger partial charge in [-0.05, 0) is 99.5 Å². The second-order valence-electron chi connectivity index (χ2n) is 9.95. The van der Waals surface area contributed by atoms with E-state index < -0.39 is 11.6 Å². The number of hydrogen-bond acceptors (Lipinski definition) is 4. The van der Waals surface area contributed by atoms with Crippen LogP contribution in [0.4, 0.5) is 0 Å². The summed E-state index contributed by atoms with van der Waals surface area (Å²) in [4.78, 5) is 12.9. The zero-order chi connectivity index (χ0) is 25.2. The molecule has 0 radical (unpaired) electrons. The van der Waals surface area contributed by atoms with Crippen LogP contribution in [0.25, 0.3) is 22.3 Å². The molecule has 0 unspecified atom stereocenters. The lowest BCUT2D eigenvalue weighted by molar-refractivity contribution is -0.136. The van der Waals surface area contributed by atoms with Crippen LogP contribution in [-0.4, -0.2) is 33.1 Å². The molecular formula is C29H35NO3S. The SMILES string of the molecule is CC(C)(C)O.Cc1ccc(-c2c(C)c3c(c(C)c2CC(=O)O)SN(C)Cc2ccccc2-3)cc1. The van der Waals surface area contributed by atoms with Gasteiger partial charge in [-0.25, -0.2) is 4.31 Å². The topological polar surface area (TPSA) is 60.8 Å². The van der Waals surface area contributed by atoms with Crippen molar-refractivity contribution in [1.29, 1.82) is 0 Å². The van der Waals surface area contributed by atoms with Gasteiger partial charge >= 0.3 is 5.97 Å². The summed E-state index contributed by atoms with van der Waals surface area (Å²) in [6.07, 6.45) is 0.0229. The first-order valence-electron chi connectivity index (χ1n) is 11.5. The molecule has 0 bridgehead atoms. The maximum absolute atomic E-state index is 11.8. The number of carbonyl (C=O) groups is 1. The van der Waals surface area contributed by atoms with Crippen molar-refractivity contribution in [1.82, 2.24) is 4.31 Å². The summed E-state index contributed by atoms with van der Waals surface area (Å²) >= 11 is 1.72. The van der Waals surface area contributed by atoms with Gasteiger partial charge in [-0.3, -0.25) is 4.79 Å². The van der Waals surface area contributed by atoms with Crippen LogP contribution < -0.4 is 0 Å². The average Bonchev–Trinajstić information content (AvgIpc) is 2.87. The van der Waals surface area contributed by atoms with Crippen LogP contribution in [0, 0.1) is 20.8 Å². The van der Waals surface area contributed by atoms with Crippen LogP contribution in [0.3, 0.4) is 0 Å². The number of aliphatic hydroxyl groups is 1. The van der Waals surface area contributed by atoms with E-state index in [0.717, 1.165) is 34.4 Å². The predicted molar refractivity (Wildman–Crippen MR) is 142 cm³/mol. The van der Waals surface area contributed by atoms with E-state index in [1.807, 2.05) is 0 Å².